The number of anilines is 1. The molecule has 0 aromatic carbocycles. The van der Waals surface area contributed by atoms with Crippen LogP contribution in [-0.4, -0.2) is 68.4 Å². The summed E-state index contributed by atoms with van der Waals surface area (Å²) in [6, 6.07) is 0. The fourth-order valence-electron chi connectivity index (χ4n) is 3.67. The number of methoxy groups -OCH3 is 1. The van der Waals surface area contributed by atoms with Gasteiger partial charge in [0.05, 0.1) is 25.2 Å². The van der Waals surface area contributed by atoms with Gasteiger partial charge in [0, 0.05) is 32.9 Å². The molecule has 0 atom stereocenters. The Labute approximate surface area is 179 Å². The van der Waals surface area contributed by atoms with Gasteiger partial charge in [-0.3, -0.25) is 9.48 Å². The third kappa shape index (κ3) is 4.07. The number of ether oxygens (including phenoxy) is 1. The van der Waals surface area contributed by atoms with Crippen LogP contribution in [0.4, 0.5) is 5.82 Å². The van der Waals surface area contributed by atoms with Crippen LogP contribution in [0.3, 0.4) is 0 Å². The Balaban J connectivity index is 1.51. The molecule has 1 N–H and O–H groups in total. The molecule has 3 aromatic heterocycles. The van der Waals surface area contributed by atoms with Crippen LogP contribution in [-0.2, 0) is 13.6 Å². The molecule has 1 fully saturated rings. The van der Waals surface area contributed by atoms with Gasteiger partial charge in [-0.2, -0.15) is 5.10 Å². The molecule has 4 heterocycles. The first-order chi connectivity index (χ1) is 14.6. The summed E-state index contributed by atoms with van der Waals surface area (Å²) >= 11 is 1.52. The molecule has 0 bridgehead atoms. The SMILES string of the molecule is COc1nn(C)cc1C(=O)NCCn1ncc2c(N3CCCCC3)nc(SC)nc21. The topological polar surface area (TPSA) is 103 Å². The molecule has 0 radical (unpaired) electrons. The van der Waals surface area contributed by atoms with Gasteiger partial charge in [0.25, 0.3) is 5.91 Å². The molecular weight excluding hydrogens is 404 g/mol. The summed E-state index contributed by atoms with van der Waals surface area (Å²) in [7, 11) is 3.25. The van der Waals surface area contributed by atoms with Gasteiger partial charge < -0.3 is 15.0 Å². The summed E-state index contributed by atoms with van der Waals surface area (Å²) in [6.07, 6.45) is 9.07. The second kappa shape index (κ2) is 8.90. The Bertz CT molecular complexity index is 1040. The number of carbonyl (C=O) groups excluding carboxylic acids is 1. The summed E-state index contributed by atoms with van der Waals surface area (Å²) in [4.78, 5) is 24.2. The zero-order valence-electron chi connectivity index (χ0n) is 17.5. The highest BCUT2D eigenvalue weighted by Crippen LogP contribution is 2.28. The Morgan fingerprint density at radius 1 is 1.27 bits per heavy atom. The lowest BCUT2D eigenvalue weighted by Gasteiger charge is -2.28. The van der Waals surface area contributed by atoms with Gasteiger partial charge in [0.2, 0.25) is 5.88 Å². The molecule has 0 aliphatic carbocycles. The van der Waals surface area contributed by atoms with Gasteiger partial charge in [-0.15, -0.1) is 5.10 Å². The maximum atomic E-state index is 12.5. The van der Waals surface area contributed by atoms with E-state index >= 15 is 0 Å². The van der Waals surface area contributed by atoms with E-state index in [9.17, 15) is 4.79 Å². The van der Waals surface area contributed by atoms with E-state index in [4.69, 9.17) is 9.72 Å². The number of carbonyl (C=O) groups is 1. The summed E-state index contributed by atoms with van der Waals surface area (Å²) in [5.74, 6) is 1.03. The summed E-state index contributed by atoms with van der Waals surface area (Å²) < 4.78 is 8.54. The molecule has 3 aromatic rings. The van der Waals surface area contributed by atoms with Crippen molar-refractivity contribution in [2.24, 2.45) is 7.05 Å². The summed E-state index contributed by atoms with van der Waals surface area (Å²) in [6.45, 7) is 2.93. The first-order valence-electron chi connectivity index (χ1n) is 9.99. The standard InChI is InChI=1S/C19H26N8O2S/c1-25-12-14(18(24-25)29-2)17(28)20-7-10-27-16-13(11-21-27)15(22-19(23-16)30-3)26-8-5-4-6-9-26/h11-12H,4-10H2,1-3H3,(H,20,28). The zero-order chi connectivity index (χ0) is 21.1. The third-order valence-corrected chi connectivity index (χ3v) is 5.68. The van der Waals surface area contributed by atoms with Crippen LogP contribution < -0.4 is 15.0 Å². The largest absolute Gasteiger partial charge is 0.479 e. The van der Waals surface area contributed by atoms with Crippen LogP contribution in [0.1, 0.15) is 29.6 Å². The lowest BCUT2D eigenvalue weighted by Crippen LogP contribution is -2.30. The lowest BCUT2D eigenvalue weighted by molar-refractivity contribution is 0.0949. The minimum absolute atomic E-state index is 0.232. The van der Waals surface area contributed by atoms with E-state index in [2.05, 4.69) is 25.4 Å². The summed E-state index contributed by atoms with van der Waals surface area (Å²) in [5, 5.41) is 13.2. The highest BCUT2D eigenvalue weighted by Gasteiger charge is 2.20. The average Bonchev–Trinajstić information content (AvgIpc) is 3.36. The molecular formula is C19H26N8O2S. The van der Waals surface area contributed by atoms with Crippen molar-refractivity contribution in [1.29, 1.82) is 0 Å². The van der Waals surface area contributed by atoms with Crippen LogP contribution in [0.25, 0.3) is 11.0 Å². The number of hydrogen-bond acceptors (Lipinski definition) is 8. The number of nitrogens with zero attached hydrogens (tertiary/aromatic N) is 7. The number of aromatic nitrogens is 6. The van der Waals surface area contributed by atoms with E-state index in [0.29, 0.717) is 24.5 Å². The van der Waals surface area contributed by atoms with Crippen molar-refractivity contribution in [2.45, 2.75) is 31.0 Å². The van der Waals surface area contributed by atoms with Crippen LogP contribution in [0.15, 0.2) is 17.6 Å². The van der Waals surface area contributed by atoms with Crippen molar-refractivity contribution < 1.29 is 9.53 Å². The Morgan fingerprint density at radius 3 is 2.80 bits per heavy atom. The molecule has 1 amide bonds. The number of aryl methyl sites for hydroxylation is 1. The fourth-order valence-corrected chi connectivity index (χ4v) is 4.02. The van der Waals surface area contributed by atoms with Crippen molar-refractivity contribution in [1.82, 2.24) is 34.8 Å². The molecule has 11 heteroatoms. The molecule has 0 unspecified atom stereocenters. The molecule has 4 rings (SSSR count). The van der Waals surface area contributed by atoms with Crippen LogP contribution in [0.2, 0.25) is 0 Å². The number of amides is 1. The van der Waals surface area contributed by atoms with E-state index in [-0.39, 0.29) is 5.91 Å². The predicted octanol–water partition coefficient (Wildman–Crippen LogP) is 1.71. The van der Waals surface area contributed by atoms with Crippen molar-refractivity contribution in [3.63, 3.8) is 0 Å². The van der Waals surface area contributed by atoms with Gasteiger partial charge in [-0.25, -0.2) is 14.6 Å². The van der Waals surface area contributed by atoms with E-state index in [0.717, 1.165) is 35.1 Å². The normalized spacial score (nSPS) is 14.3. The molecule has 160 valence electrons. The van der Waals surface area contributed by atoms with E-state index in [1.165, 1.54) is 38.1 Å². The van der Waals surface area contributed by atoms with E-state index in [1.54, 1.807) is 17.9 Å². The molecule has 1 aliphatic rings. The smallest absolute Gasteiger partial charge is 0.258 e. The van der Waals surface area contributed by atoms with Crippen LogP contribution in [0, 0.1) is 0 Å². The van der Waals surface area contributed by atoms with Crippen molar-refractivity contribution in [3.8, 4) is 5.88 Å². The second-order valence-corrected chi connectivity index (χ2v) is 7.94. The Hall–Kier alpha value is -2.82. The second-order valence-electron chi connectivity index (χ2n) is 7.17. The van der Waals surface area contributed by atoms with Crippen molar-refractivity contribution in [2.75, 3.05) is 37.9 Å². The highest BCUT2D eigenvalue weighted by molar-refractivity contribution is 7.98. The minimum Gasteiger partial charge on any atom is -0.479 e. The first kappa shape index (κ1) is 20.5. The van der Waals surface area contributed by atoms with Crippen molar-refractivity contribution in [3.05, 3.63) is 18.0 Å². The monoisotopic (exact) mass is 430 g/mol. The molecule has 10 nitrogen and oxygen atoms in total. The number of hydrogen-bond donors (Lipinski definition) is 1. The fraction of sp³-hybridized carbons (Fsp3) is 0.526. The predicted molar refractivity (Wildman–Crippen MR) is 115 cm³/mol. The molecule has 1 aliphatic heterocycles. The highest BCUT2D eigenvalue weighted by atomic mass is 32.2. The van der Waals surface area contributed by atoms with Gasteiger partial charge in [0.1, 0.15) is 11.4 Å². The maximum absolute atomic E-state index is 12.5. The van der Waals surface area contributed by atoms with Gasteiger partial charge in [-0.05, 0) is 25.5 Å². The maximum Gasteiger partial charge on any atom is 0.258 e. The van der Waals surface area contributed by atoms with Gasteiger partial charge in [0.15, 0.2) is 10.8 Å². The number of rotatable bonds is 7. The summed E-state index contributed by atoms with van der Waals surface area (Å²) in [5.41, 5.74) is 1.20. The third-order valence-electron chi connectivity index (χ3n) is 5.14. The van der Waals surface area contributed by atoms with Crippen molar-refractivity contribution >= 4 is 34.5 Å². The Kier molecular flexibility index (Phi) is 6.07. The molecule has 1 saturated heterocycles. The van der Waals surface area contributed by atoms with Gasteiger partial charge in [-0.1, -0.05) is 11.8 Å². The molecule has 30 heavy (non-hydrogen) atoms. The first-order valence-corrected chi connectivity index (χ1v) is 11.2. The van der Waals surface area contributed by atoms with E-state index < -0.39 is 0 Å². The van der Waals surface area contributed by atoms with E-state index in [1.807, 2.05) is 17.1 Å². The zero-order valence-corrected chi connectivity index (χ0v) is 18.3. The van der Waals surface area contributed by atoms with Gasteiger partial charge >= 0.3 is 0 Å². The molecule has 0 saturated carbocycles. The van der Waals surface area contributed by atoms with Crippen LogP contribution in [0.5, 0.6) is 5.88 Å². The lowest BCUT2D eigenvalue weighted by atomic mass is 10.1. The average molecular weight is 431 g/mol. The Morgan fingerprint density at radius 2 is 2.07 bits per heavy atom. The minimum atomic E-state index is -0.232. The molecule has 0 spiro atoms. The van der Waals surface area contributed by atoms with Crippen LogP contribution >= 0.6 is 11.8 Å². The number of nitrogens with one attached hydrogen (secondary N) is 1. The number of fused-ring (bicyclic) bond motifs is 1. The quantitative estimate of drug-likeness (QED) is 0.446. The number of piperidine rings is 1. The number of thioether (sulfide) groups is 1.